The van der Waals surface area contributed by atoms with Crippen LogP contribution in [0.25, 0.3) is 26.3 Å². The van der Waals surface area contributed by atoms with Crippen LogP contribution in [-0.2, 0) is 0 Å². The quantitative estimate of drug-likeness (QED) is 0.590. The molecular weight excluding hydrogens is 344 g/mol. The monoisotopic (exact) mass is 354 g/mol. The Morgan fingerprint density at radius 2 is 1.67 bits per heavy atom. The van der Waals surface area contributed by atoms with Crippen molar-refractivity contribution < 1.29 is 0 Å². The van der Waals surface area contributed by atoms with Crippen LogP contribution in [0.4, 0.5) is 0 Å². The maximum atomic E-state index is 12.8. The topological polar surface area (TPSA) is 54.9 Å². The van der Waals surface area contributed by atoms with Crippen molar-refractivity contribution in [2.24, 2.45) is 0 Å². The van der Waals surface area contributed by atoms with Crippen molar-refractivity contribution in [2.45, 2.75) is 0 Å². The molecule has 0 aliphatic carbocycles. The Hall–Kier alpha value is -2.63. The molecule has 0 radical (unpaired) electrons. The van der Waals surface area contributed by atoms with Crippen molar-refractivity contribution in [3.8, 4) is 16.1 Å². The highest BCUT2D eigenvalue weighted by Crippen LogP contribution is 2.30. The summed E-state index contributed by atoms with van der Waals surface area (Å²) < 4.78 is 1.65. The van der Waals surface area contributed by atoms with E-state index in [9.17, 15) is 9.59 Å². The molecule has 0 fully saturated rings. The molecule has 118 valence electrons. The summed E-state index contributed by atoms with van der Waals surface area (Å²) in [5, 5.41) is 0.548. The predicted octanol–water partition coefficient (Wildman–Crippen LogP) is 4.06. The Kier molecular flexibility index (Phi) is 3.59. The average Bonchev–Trinajstić information content (AvgIpc) is 3.02. The summed E-state index contributed by atoms with van der Waals surface area (Å²) in [6, 6.07) is 18.2. The van der Waals surface area contributed by atoms with Gasteiger partial charge in [-0.05, 0) is 35.9 Å². The van der Waals surface area contributed by atoms with Crippen molar-refractivity contribution in [2.75, 3.05) is 0 Å². The summed E-state index contributed by atoms with van der Waals surface area (Å²) in [5.41, 5.74) is 1.26. The zero-order chi connectivity index (χ0) is 16.7. The lowest BCUT2D eigenvalue weighted by Crippen LogP contribution is -2.32. The molecule has 2 aromatic carbocycles. The molecule has 4 nitrogen and oxygen atoms in total. The first kappa shape index (κ1) is 14.9. The molecule has 0 saturated heterocycles. The minimum atomic E-state index is -0.466. The van der Waals surface area contributed by atoms with Gasteiger partial charge in [0.25, 0.3) is 5.56 Å². The van der Waals surface area contributed by atoms with Gasteiger partial charge < -0.3 is 4.98 Å². The van der Waals surface area contributed by atoms with Gasteiger partial charge in [-0.2, -0.15) is 0 Å². The molecule has 0 amide bonds. The molecule has 0 atom stereocenters. The lowest BCUT2D eigenvalue weighted by Gasteiger charge is -2.04. The van der Waals surface area contributed by atoms with Crippen molar-refractivity contribution in [1.29, 1.82) is 0 Å². The maximum absolute atomic E-state index is 12.8. The van der Waals surface area contributed by atoms with Crippen LogP contribution in [0.5, 0.6) is 0 Å². The number of nitrogens with one attached hydrogen (secondary N) is 1. The third kappa shape index (κ3) is 2.48. The van der Waals surface area contributed by atoms with E-state index in [4.69, 9.17) is 11.6 Å². The normalized spacial score (nSPS) is 11.0. The SMILES string of the molecule is O=c1[nH]c2cc(-c3ccccc3)sc2c(=O)n1-c1ccc(Cl)cc1. The van der Waals surface area contributed by atoms with Gasteiger partial charge in [-0.3, -0.25) is 4.79 Å². The van der Waals surface area contributed by atoms with Gasteiger partial charge in [0.05, 0.1) is 11.2 Å². The fourth-order valence-corrected chi connectivity index (χ4v) is 3.75. The molecule has 0 aliphatic rings. The molecule has 0 bridgehead atoms. The van der Waals surface area contributed by atoms with Gasteiger partial charge >= 0.3 is 5.69 Å². The van der Waals surface area contributed by atoms with Crippen LogP contribution in [0.1, 0.15) is 0 Å². The standard InChI is InChI=1S/C18H11ClN2O2S/c19-12-6-8-13(9-7-12)21-17(22)16-14(20-18(21)23)10-15(24-16)11-4-2-1-3-5-11/h1-10H,(H,20,23). The molecule has 2 aromatic heterocycles. The minimum Gasteiger partial charge on any atom is -0.306 e. The number of hydrogen-bond donors (Lipinski definition) is 1. The van der Waals surface area contributed by atoms with Gasteiger partial charge in [-0.1, -0.05) is 41.9 Å². The summed E-state index contributed by atoms with van der Waals surface area (Å²) in [6.45, 7) is 0. The summed E-state index contributed by atoms with van der Waals surface area (Å²) in [7, 11) is 0. The maximum Gasteiger partial charge on any atom is 0.333 e. The molecular formula is C18H11ClN2O2S. The third-order valence-electron chi connectivity index (χ3n) is 3.72. The summed E-state index contributed by atoms with van der Waals surface area (Å²) >= 11 is 7.24. The van der Waals surface area contributed by atoms with Crippen LogP contribution in [0.3, 0.4) is 0 Å². The van der Waals surface area contributed by atoms with Gasteiger partial charge in [0, 0.05) is 9.90 Å². The number of hydrogen-bond acceptors (Lipinski definition) is 3. The number of rotatable bonds is 2. The van der Waals surface area contributed by atoms with Crippen LogP contribution >= 0.6 is 22.9 Å². The first-order valence-electron chi connectivity index (χ1n) is 7.24. The summed E-state index contributed by atoms with van der Waals surface area (Å²) in [6.07, 6.45) is 0. The lowest BCUT2D eigenvalue weighted by atomic mass is 10.2. The van der Waals surface area contributed by atoms with E-state index in [0.717, 1.165) is 15.0 Å². The number of halogens is 1. The van der Waals surface area contributed by atoms with Crippen LogP contribution in [-0.4, -0.2) is 9.55 Å². The lowest BCUT2D eigenvalue weighted by molar-refractivity contribution is 0.904. The fraction of sp³-hybridized carbons (Fsp3) is 0. The minimum absolute atomic E-state index is 0.330. The number of H-pyrrole nitrogens is 1. The fourth-order valence-electron chi connectivity index (χ4n) is 2.58. The molecule has 1 N–H and O–H groups in total. The number of aromatic nitrogens is 2. The second kappa shape index (κ2) is 5.78. The van der Waals surface area contributed by atoms with Crippen LogP contribution in [0.15, 0.2) is 70.3 Å². The Bertz CT molecular complexity index is 1140. The zero-order valence-electron chi connectivity index (χ0n) is 12.3. The number of nitrogens with zero attached hydrogens (tertiary/aromatic N) is 1. The van der Waals surface area contributed by atoms with Crippen LogP contribution < -0.4 is 11.2 Å². The van der Waals surface area contributed by atoms with Crippen molar-refractivity contribution in [3.63, 3.8) is 0 Å². The molecule has 24 heavy (non-hydrogen) atoms. The number of aromatic amines is 1. The second-order valence-electron chi connectivity index (χ2n) is 5.27. The summed E-state index contributed by atoms with van der Waals surface area (Å²) in [4.78, 5) is 28.9. The number of thiophene rings is 1. The largest absolute Gasteiger partial charge is 0.333 e. The third-order valence-corrected chi connectivity index (χ3v) is 5.14. The van der Waals surface area contributed by atoms with Crippen molar-refractivity contribution >= 4 is 33.2 Å². The van der Waals surface area contributed by atoms with E-state index >= 15 is 0 Å². The number of fused-ring (bicyclic) bond motifs is 1. The van der Waals surface area contributed by atoms with Crippen molar-refractivity contribution in [1.82, 2.24) is 9.55 Å². The van der Waals surface area contributed by atoms with Gasteiger partial charge in [0.2, 0.25) is 0 Å². The molecule has 2 heterocycles. The van der Waals surface area contributed by atoms with E-state index < -0.39 is 5.69 Å². The van der Waals surface area contributed by atoms with Gasteiger partial charge in [0.15, 0.2) is 0 Å². The zero-order valence-corrected chi connectivity index (χ0v) is 13.9. The van der Waals surface area contributed by atoms with Gasteiger partial charge in [0.1, 0.15) is 4.70 Å². The van der Waals surface area contributed by atoms with E-state index in [-0.39, 0.29) is 5.56 Å². The highest BCUT2D eigenvalue weighted by atomic mass is 35.5. The van der Waals surface area contributed by atoms with Gasteiger partial charge in [-0.15, -0.1) is 11.3 Å². The molecule has 4 rings (SSSR count). The highest BCUT2D eigenvalue weighted by Gasteiger charge is 2.13. The molecule has 0 saturated carbocycles. The highest BCUT2D eigenvalue weighted by molar-refractivity contribution is 7.22. The Balaban J connectivity index is 1.96. The predicted molar refractivity (Wildman–Crippen MR) is 98.5 cm³/mol. The first-order chi connectivity index (χ1) is 11.6. The smallest absolute Gasteiger partial charge is 0.306 e. The molecule has 0 aliphatic heterocycles. The molecule has 0 unspecified atom stereocenters. The molecule has 4 aromatic rings. The molecule has 0 spiro atoms. The first-order valence-corrected chi connectivity index (χ1v) is 8.43. The summed E-state index contributed by atoms with van der Waals surface area (Å²) in [5.74, 6) is 0. The number of benzene rings is 2. The average molecular weight is 355 g/mol. The van der Waals surface area contributed by atoms with Crippen LogP contribution in [0, 0.1) is 0 Å². The van der Waals surface area contributed by atoms with Crippen LogP contribution in [0.2, 0.25) is 5.02 Å². The van der Waals surface area contributed by atoms with E-state index in [1.54, 1.807) is 24.3 Å². The second-order valence-corrected chi connectivity index (χ2v) is 6.76. The van der Waals surface area contributed by atoms with E-state index in [1.807, 2.05) is 36.4 Å². The molecule has 6 heteroatoms. The van der Waals surface area contributed by atoms with E-state index in [0.29, 0.717) is 20.9 Å². The Morgan fingerprint density at radius 1 is 0.958 bits per heavy atom. The Labute approximate surface area is 145 Å². The van der Waals surface area contributed by atoms with Gasteiger partial charge in [-0.25, -0.2) is 9.36 Å². The van der Waals surface area contributed by atoms with E-state index in [1.165, 1.54) is 11.3 Å². The van der Waals surface area contributed by atoms with E-state index in [2.05, 4.69) is 4.98 Å². The Morgan fingerprint density at radius 3 is 2.38 bits per heavy atom. The van der Waals surface area contributed by atoms with Crippen molar-refractivity contribution in [3.05, 3.63) is 86.5 Å².